The van der Waals surface area contributed by atoms with Gasteiger partial charge in [-0.15, -0.1) is 0 Å². The fourth-order valence-electron chi connectivity index (χ4n) is 1.66. The Labute approximate surface area is 105 Å². The van der Waals surface area contributed by atoms with Crippen LogP contribution < -0.4 is 0 Å². The summed E-state index contributed by atoms with van der Waals surface area (Å²) >= 11 is 5.83. The lowest BCUT2D eigenvalue weighted by Crippen LogP contribution is -2.11. The highest BCUT2D eigenvalue weighted by molar-refractivity contribution is 6.36. The first-order chi connectivity index (χ1) is 8.38. The lowest BCUT2D eigenvalue weighted by Gasteiger charge is -2.09. The zero-order chi connectivity index (χ0) is 13.5. The summed E-state index contributed by atoms with van der Waals surface area (Å²) in [6.07, 6.45) is -4.09. The number of aromatic amines is 1. The number of nitriles is 1. The van der Waals surface area contributed by atoms with E-state index in [1.54, 1.807) is 0 Å². The van der Waals surface area contributed by atoms with Crippen molar-refractivity contribution < 1.29 is 13.2 Å². The van der Waals surface area contributed by atoms with Crippen molar-refractivity contribution in [3.8, 4) is 6.07 Å². The fourth-order valence-corrected chi connectivity index (χ4v) is 1.93. The number of fused-ring (bicyclic) bond motifs is 1. The number of pyridine rings is 1. The molecule has 0 aliphatic rings. The van der Waals surface area contributed by atoms with Crippen LogP contribution in [0.1, 0.15) is 23.9 Å². The fraction of sp³-hybridized carbons (Fsp3) is 0.273. The van der Waals surface area contributed by atoms with Crippen LogP contribution in [0, 0.1) is 11.3 Å². The molecule has 0 saturated carbocycles. The first kappa shape index (κ1) is 12.7. The Morgan fingerprint density at radius 1 is 1.50 bits per heavy atom. The highest BCUT2D eigenvalue weighted by Crippen LogP contribution is 2.36. The summed E-state index contributed by atoms with van der Waals surface area (Å²) in [6.45, 7) is 1.84. The van der Waals surface area contributed by atoms with E-state index in [1.165, 1.54) is 12.1 Å². The highest BCUT2D eigenvalue weighted by atomic mass is 35.5. The number of rotatable bonds is 1. The second-order valence-electron chi connectivity index (χ2n) is 3.67. The van der Waals surface area contributed by atoms with Crippen molar-refractivity contribution >= 4 is 22.6 Å². The Kier molecular flexibility index (Phi) is 2.95. The van der Waals surface area contributed by atoms with E-state index in [-0.39, 0.29) is 16.1 Å². The molecule has 7 heteroatoms. The van der Waals surface area contributed by atoms with Gasteiger partial charge in [-0.3, -0.25) is 0 Å². The lowest BCUT2D eigenvalue weighted by atomic mass is 10.2. The molecule has 0 fully saturated rings. The molecule has 2 heterocycles. The Hall–Kier alpha value is -1.74. The van der Waals surface area contributed by atoms with Gasteiger partial charge in [0, 0.05) is 5.69 Å². The average molecular weight is 274 g/mol. The van der Waals surface area contributed by atoms with E-state index in [0.29, 0.717) is 12.1 Å². The number of nitrogens with one attached hydrogen (secondary N) is 1. The van der Waals surface area contributed by atoms with Gasteiger partial charge in [-0.25, -0.2) is 4.98 Å². The molecule has 18 heavy (non-hydrogen) atoms. The molecular weight excluding hydrogens is 267 g/mol. The largest absolute Gasteiger partial charge is 0.434 e. The minimum Gasteiger partial charge on any atom is -0.356 e. The van der Waals surface area contributed by atoms with Gasteiger partial charge in [-0.1, -0.05) is 18.5 Å². The highest BCUT2D eigenvalue weighted by Gasteiger charge is 2.37. The van der Waals surface area contributed by atoms with E-state index in [2.05, 4.69) is 9.97 Å². The quantitative estimate of drug-likeness (QED) is 0.862. The Morgan fingerprint density at radius 2 is 2.17 bits per heavy atom. The van der Waals surface area contributed by atoms with Crippen LogP contribution in [0.2, 0.25) is 5.02 Å². The molecule has 0 bridgehead atoms. The third-order valence-electron chi connectivity index (χ3n) is 2.52. The second kappa shape index (κ2) is 4.18. The first-order valence-corrected chi connectivity index (χ1v) is 5.44. The molecule has 3 nitrogen and oxygen atoms in total. The van der Waals surface area contributed by atoms with E-state index in [9.17, 15) is 13.2 Å². The summed E-state index contributed by atoms with van der Waals surface area (Å²) in [4.78, 5) is 6.34. The van der Waals surface area contributed by atoms with Crippen LogP contribution in [0.5, 0.6) is 0 Å². The molecule has 0 radical (unpaired) electrons. The smallest absolute Gasteiger partial charge is 0.356 e. The van der Waals surface area contributed by atoms with Crippen molar-refractivity contribution in [1.82, 2.24) is 9.97 Å². The van der Waals surface area contributed by atoms with Gasteiger partial charge in [0.05, 0.1) is 16.1 Å². The number of nitrogens with zero attached hydrogens (tertiary/aromatic N) is 2. The predicted molar refractivity (Wildman–Crippen MR) is 60.2 cm³/mol. The van der Waals surface area contributed by atoms with Crippen molar-refractivity contribution in [3.05, 3.63) is 28.0 Å². The molecule has 1 N–H and O–H groups in total. The number of aromatic nitrogens is 2. The van der Waals surface area contributed by atoms with Gasteiger partial charge >= 0.3 is 6.18 Å². The maximum atomic E-state index is 12.7. The Bertz CT molecular complexity index is 652. The summed E-state index contributed by atoms with van der Waals surface area (Å²) in [5.41, 5.74) is -0.811. The number of alkyl halides is 3. The molecule has 2 rings (SSSR count). The van der Waals surface area contributed by atoms with Crippen molar-refractivity contribution in [2.75, 3.05) is 0 Å². The molecule has 94 valence electrons. The topological polar surface area (TPSA) is 52.5 Å². The van der Waals surface area contributed by atoms with Gasteiger partial charge in [0.25, 0.3) is 0 Å². The van der Waals surface area contributed by atoms with Gasteiger partial charge in [0.2, 0.25) is 0 Å². The van der Waals surface area contributed by atoms with Gasteiger partial charge < -0.3 is 4.98 Å². The van der Waals surface area contributed by atoms with Crippen molar-refractivity contribution in [2.24, 2.45) is 0 Å². The number of halogens is 4. The number of hydrogen-bond donors (Lipinski definition) is 1. The van der Waals surface area contributed by atoms with Crippen LogP contribution in [0.4, 0.5) is 13.2 Å². The van der Waals surface area contributed by atoms with Gasteiger partial charge in [0.15, 0.2) is 5.69 Å². The van der Waals surface area contributed by atoms with Crippen molar-refractivity contribution in [2.45, 2.75) is 19.5 Å². The average Bonchev–Trinajstić information content (AvgIpc) is 2.71. The van der Waals surface area contributed by atoms with E-state index >= 15 is 0 Å². The molecule has 0 spiro atoms. The van der Waals surface area contributed by atoms with Crippen LogP contribution in [0.3, 0.4) is 0 Å². The van der Waals surface area contributed by atoms with Crippen molar-refractivity contribution in [3.63, 3.8) is 0 Å². The van der Waals surface area contributed by atoms with E-state index in [4.69, 9.17) is 16.9 Å². The van der Waals surface area contributed by atoms with Gasteiger partial charge in [0.1, 0.15) is 11.6 Å². The Balaban J connectivity index is 2.85. The minimum atomic E-state index is -4.70. The zero-order valence-corrected chi connectivity index (χ0v) is 9.95. The van der Waals surface area contributed by atoms with Crippen LogP contribution >= 0.6 is 11.6 Å². The van der Waals surface area contributed by atoms with Gasteiger partial charge in [-0.05, 0) is 12.5 Å². The standard InChI is InChI=1S/C11H7ClF3N3/c1-2-5-3-7-9(17-5)8(12)6(4-16)10(18-7)11(13,14)15/h3,17H,2H2,1H3. The van der Waals surface area contributed by atoms with Gasteiger partial charge in [-0.2, -0.15) is 18.4 Å². The summed E-state index contributed by atoms with van der Waals surface area (Å²) in [5.74, 6) is 0. The monoisotopic (exact) mass is 273 g/mol. The maximum absolute atomic E-state index is 12.7. The predicted octanol–water partition coefficient (Wildman–Crippen LogP) is 3.67. The minimum absolute atomic E-state index is 0.114. The molecule has 0 saturated heterocycles. The zero-order valence-electron chi connectivity index (χ0n) is 9.19. The molecular formula is C11H7ClF3N3. The second-order valence-corrected chi connectivity index (χ2v) is 4.05. The van der Waals surface area contributed by atoms with Crippen molar-refractivity contribution in [1.29, 1.82) is 5.26 Å². The maximum Gasteiger partial charge on any atom is 0.434 e. The molecule has 0 unspecified atom stereocenters. The molecule has 0 aliphatic heterocycles. The van der Waals surface area contributed by atoms with Crippen LogP contribution in [0.25, 0.3) is 11.0 Å². The lowest BCUT2D eigenvalue weighted by molar-refractivity contribution is -0.141. The Morgan fingerprint density at radius 3 is 2.67 bits per heavy atom. The molecule has 2 aromatic heterocycles. The van der Waals surface area contributed by atoms with E-state index in [1.807, 2.05) is 6.92 Å². The summed E-state index contributed by atoms with van der Waals surface area (Å²) in [5, 5.41) is 8.56. The molecule has 2 aromatic rings. The normalized spacial score (nSPS) is 11.8. The van der Waals surface area contributed by atoms with Crippen LogP contribution in [-0.4, -0.2) is 9.97 Å². The van der Waals surface area contributed by atoms with Crippen LogP contribution in [-0.2, 0) is 12.6 Å². The van der Waals surface area contributed by atoms with Crippen LogP contribution in [0.15, 0.2) is 6.07 Å². The van der Waals surface area contributed by atoms with E-state index < -0.39 is 17.4 Å². The third-order valence-corrected chi connectivity index (χ3v) is 2.90. The first-order valence-electron chi connectivity index (χ1n) is 5.06. The molecule has 0 aliphatic carbocycles. The molecule has 0 atom stereocenters. The number of hydrogen-bond acceptors (Lipinski definition) is 2. The summed E-state index contributed by atoms with van der Waals surface area (Å²) < 4.78 is 38.2. The molecule has 0 aromatic carbocycles. The summed E-state index contributed by atoms with van der Waals surface area (Å²) in [6, 6.07) is 2.95. The number of aryl methyl sites for hydroxylation is 1. The third kappa shape index (κ3) is 1.91. The number of H-pyrrole nitrogens is 1. The summed E-state index contributed by atoms with van der Waals surface area (Å²) in [7, 11) is 0. The SMILES string of the molecule is CCc1cc2nc(C(F)(F)F)c(C#N)c(Cl)c2[nH]1. The van der Waals surface area contributed by atoms with E-state index in [0.717, 1.165) is 0 Å². The molecule has 0 amide bonds.